The molecule has 0 atom stereocenters. The standard InChI is InChI=1S/C19H25NO5/c1-2-23-12-13-24-18(21)14-16-8-10-20(11-9-16)19(22)25-15-17-6-4-3-5-7-17/h3-8H,2,9-15H2,1H3. The Hall–Kier alpha value is -2.34. The third-order valence-electron chi connectivity index (χ3n) is 3.83. The van der Waals surface area contributed by atoms with E-state index < -0.39 is 0 Å². The molecule has 136 valence electrons. The topological polar surface area (TPSA) is 65.1 Å². The fourth-order valence-electron chi connectivity index (χ4n) is 2.44. The fraction of sp³-hybridized carbons (Fsp3) is 0.474. The molecular formula is C19H25NO5. The highest BCUT2D eigenvalue weighted by molar-refractivity contribution is 5.73. The molecule has 0 bridgehead atoms. The second-order valence-electron chi connectivity index (χ2n) is 5.69. The van der Waals surface area contributed by atoms with E-state index >= 15 is 0 Å². The van der Waals surface area contributed by atoms with E-state index in [1.165, 1.54) is 0 Å². The number of benzene rings is 1. The molecule has 0 radical (unpaired) electrons. The summed E-state index contributed by atoms with van der Waals surface area (Å²) in [4.78, 5) is 25.4. The van der Waals surface area contributed by atoms with Crippen LogP contribution >= 0.6 is 0 Å². The van der Waals surface area contributed by atoms with Crippen molar-refractivity contribution in [1.29, 1.82) is 0 Å². The van der Waals surface area contributed by atoms with Crippen molar-refractivity contribution in [2.45, 2.75) is 26.4 Å². The lowest BCUT2D eigenvalue weighted by Gasteiger charge is -2.25. The van der Waals surface area contributed by atoms with Crippen molar-refractivity contribution < 1.29 is 23.8 Å². The van der Waals surface area contributed by atoms with E-state index in [1.54, 1.807) is 4.90 Å². The number of hydrogen-bond donors (Lipinski definition) is 0. The first-order chi connectivity index (χ1) is 12.2. The van der Waals surface area contributed by atoms with Crippen LogP contribution in [0.25, 0.3) is 0 Å². The molecule has 0 unspecified atom stereocenters. The summed E-state index contributed by atoms with van der Waals surface area (Å²) in [5.74, 6) is -0.258. The number of nitrogens with zero attached hydrogens (tertiary/aromatic N) is 1. The summed E-state index contributed by atoms with van der Waals surface area (Å²) in [7, 11) is 0. The molecule has 0 aliphatic carbocycles. The summed E-state index contributed by atoms with van der Waals surface area (Å²) < 4.78 is 15.5. The van der Waals surface area contributed by atoms with Gasteiger partial charge < -0.3 is 19.1 Å². The lowest BCUT2D eigenvalue weighted by Crippen LogP contribution is -2.35. The molecule has 25 heavy (non-hydrogen) atoms. The van der Waals surface area contributed by atoms with E-state index in [0.717, 1.165) is 11.1 Å². The molecule has 1 aliphatic heterocycles. The maximum absolute atomic E-state index is 12.1. The molecule has 0 aromatic heterocycles. The van der Waals surface area contributed by atoms with E-state index in [4.69, 9.17) is 14.2 Å². The highest BCUT2D eigenvalue weighted by atomic mass is 16.6. The van der Waals surface area contributed by atoms with Crippen LogP contribution in [0.15, 0.2) is 42.0 Å². The summed E-state index contributed by atoms with van der Waals surface area (Å²) in [6, 6.07) is 9.57. The number of rotatable bonds is 8. The van der Waals surface area contributed by atoms with Crippen LogP contribution in [0.3, 0.4) is 0 Å². The van der Waals surface area contributed by atoms with E-state index in [-0.39, 0.29) is 31.7 Å². The first-order valence-corrected chi connectivity index (χ1v) is 8.56. The van der Waals surface area contributed by atoms with Crippen molar-refractivity contribution in [3.05, 3.63) is 47.5 Å². The molecule has 1 aromatic carbocycles. The molecule has 1 heterocycles. The lowest BCUT2D eigenvalue weighted by atomic mass is 10.1. The molecule has 6 heteroatoms. The highest BCUT2D eigenvalue weighted by Crippen LogP contribution is 2.16. The van der Waals surface area contributed by atoms with Gasteiger partial charge in [0.2, 0.25) is 0 Å². The molecule has 0 saturated carbocycles. The van der Waals surface area contributed by atoms with Crippen LogP contribution in [-0.2, 0) is 25.6 Å². The predicted octanol–water partition coefficient (Wildman–Crippen LogP) is 2.93. The fourth-order valence-corrected chi connectivity index (χ4v) is 2.44. The molecule has 0 N–H and O–H groups in total. The van der Waals surface area contributed by atoms with Crippen molar-refractivity contribution in [3.8, 4) is 0 Å². The Bertz CT molecular complexity index is 585. The van der Waals surface area contributed by atoms with E-state index in [1.807, 2.05) is 43.3 Å². The average Bonchev–Trinajstić information content (AvgIpc) is 2.65. The number of carbonyl (C=O) groups excluding carboxylic acids is 2. The molecule has 6 nitrogen and oxygen atoms in total. The second kappa shape index (κ2) is 10.5. The van der Waals surface area contributed by atoms with Gasteiger partial charge in [0.25, 0.3) is 0 Å². The van der Waals surface area contributed by atoms with Gasteiger partial charge in [-0.2, -0.15) is 0 Å². The Balaban J connectivity index is 1.68. The lowest BCUT2D eigenvalue weighted by molar-refractivity contribution is -0.144. The Kier molecular flexibility index (Phi) is 7.98. The van der Waals surface area contributed by atoms with Crippen molar-refractivity contribution >= 4 is 12.1 Å². The molecule has 2 rings (SSSR count). The van der Waals surface area contributed by atoms with Gasteiger partial charge >= 0.3 is 12.1 Å². The van der Waals surface area contributed by atoms with Crippen LogP contribution in [0.2, 0.25) is 0 Å². The van der Waals surface area contributed by atoms with E-state index in [2.05, 4.69) is 0 Å². The van der Waals surface area contributed by atoms with Crippen molar-refractivity contribution in [3.63, 3.8) is 0 Å². The largest absolute Gasteiger partial charge is 0.463 e. The average molecular weight is 347 g/mol. The minimum Gasteiger partial charge on any atom is -0.463 e. The van der Waals surface area contributed by atoms with Crippen LogP contribution in [-0.4, -0.2) is 49.9 Å². The van der Waals surface area contributed by atoms with Gasteiger partial charge in [0.15, 0.2) is 0 Å². The van der Waals surface area contributed by atoms with Gasteiger partial charge in [0.1, 0.15) is 13.2 Å². The van der Waals surface area contributed by atoms with Crippen molar-refractivity contribution in [2.24, 2.45) is 0 Å². The normalized spacial score (nSPS) is 14.0. The van der Waals surface area contributed by atoms with Gasteiger partial charge in [-0.15, -0.1) is 0 Å². The number of amides is 1. The van der Waals surface area contributed by atoms with Gasteiger partial charge in [-0.1, -0.05) is 42.0 Å². The monoisotopic (exact) mass is 347 g/mol. The summed E-state index contributed by atoms with van der Waals surface area (Å²) in [6.07, 6.45) is 2.48. The summed E-state index contributed by atoms with van der Waals surface area (Å²) in [5.41, 5.74) is 1.95. The zero-order valence-corrected chi connectivity index (χ0v) is 14.6. The third kappa shape index (κ3) is 6.97. The maximum atomic E-state index is 12.1. The Labute approximate surface area is 148 Å². The first kappa shape index (κ1) is 19.0. The first-order valence-electron chi connectivity index (χ1n) is 8.56. The number of ether oxygens (including phenoxy) is 3. The summed E-state index contributed by atoms with van der Waals surface area (Å²) in [5, 5.41) is 0. The molecule has 1 amide bonds. The summed E-state index contributed by atoms with van der Waals surface area (Å²) in [6.45, 7) is 4.46. The Morgan fingerprint density at radius 3 is 2.60 bits per heavy atom. The van der Waals surface area contributed by atoms with Gasteiger partial charge in [0.05, 0.1) is 13.0 Å². The number of esters is 1. The van der Waals surface area contributed by atoms with Crippen LogP contribution in [0.5, 0.6) is 0 Å². The Morgan fingerprint density at radius 1 is 1.12 bits per heavy atom. The highest BCUT2D eigenvalue weighted by Gasteiger charge is 2.20. The van der Waals surface area contributed by atoms with E-state index in [9.17, 15) is 9.59 Å². The molecule has 1 aromatic rings. The van der Waals surface area contributed by atoms with Crippen molar-refractivity contribution in [1.82, 2.24) is 4.90 Å². The zero-order valence-electron chi connectivity index (χ0n) is 14.6. The minimum atomic E-state index is -0.335. The number of hydrogen-bond acceptors (Lipinski definition) is 5. The molecular weight excluding hydrogens is 322 g/mol. The number of carbonyl (C=O) groups is 2. The van der Waals surface area contributed by atoms with Crippen LogP contribution in [0, 0.1) is 0 Å². The zero-order chi connectivity index (χ0) is 17.9. The SMILES string of the molecule is CCOCCOC(=O)CC1=CCN(C(=O)OCc2ccccc2)CC1. The summed E-state index contributed by atoms with van der Waals surface area (Å²) >= 11 is 0. The smallest absolute Gasteiger partial charge is 0.410 e. The van der Waals surface area contributed by atoms with Crippen LogP contribution in [0.1, 0.15) is 25.3 Å². The minimum absolute atomic E-state index is 0.258. The van der Waals surface area contributed by atoms with E-state index in [0.29, 0.717) is 32.7 Å². The molecule has 0 saturated heterocycles. The van der Waals surface area contributed by atoms with Crippen LogP contribution in [0.4, 0.5) is 4.79 Å². The quantitative estimate of drug-likeness (QED) is 0.411. The van der Waals surface area contributed by atoms with Gasteiger partial charge in [-0.05, 0) is 18.9 Å². The van der Waals surface area contributed by atoms with Gasteiger partial charge in [-0.3, -0.25) is 4.79 Å². The molecule has 1 aliphatic rings. The van der Waals surface area contributed by atoms with Crippen LogP contribution < -0.4 is 0 Å². The van der Waals surface area contributed by atoms with Crippen molar-refractivity contribution in [2.75, 3.05) is 32.9 Å². The molecule has 0 fully saturated rings. The molecule has 0 spiro atoms. The van der Waals surface area contributed by atoms with Gasteiger partial charge in [0, 0.05) is 19.7 Å². The maximum Gasteiger partial charge on any atom is 0.410 e. The second-order valence-corrected chi connectivity index (χ2v) is 5.69. The van der Waals surface area contributed by atoms with Gasteiger partial charge in [-0.25, -0.2) is 4.79 Å². The third-order valence-corrected chi connectivity index (χ3v) is 3.83. The Morgan fingerprint density at radius 2 is 1.92 bits per heavy atom. The predicted molar refractivity (Wildman–Crippen MR) is 93.0 cm³/mol.